The van der Waals surface area contributed by atoms with Crippen LogP contribution in [0.1, 0.15) is 13.8 Å². The Labute approximate surface area is 183 Å². The van der Waals surface area contributed by atoms with E-state index < -0.39 is 26.1 Å². The fraction of sp³-hybridized carbons (Fsp3) is 0.294. The average Bonchev–Trinajstić information content (AvgIpc) is 2.60. The van der Waals surface area contributed by atoms with Crippen molar-refractivity contribution >= 4 is 62.4 Å². The number of carbonyl (C=O) groups is 1. The molecule has 1 amide bonds. The molecule has 3 N–H and O–H groups in total. The van der Waals surface area contributed by atoms with Crippen molar-refractivity contribution in [2.75, 3.05) is 10.0 Å². The Morgan fingerprint density at radius 2 is 1.76 bits per heavy atom. The van der Waals surface area contributed by atoms with E-state index in [9.17, 15) is 13.2 Å². The Morgan fingerprint density at radius 3 is 2.28 bits per heavy atom. The highest BCUT2D eigenvalue weighted by Gasteiger charge is 2.34. The van der Waals surface area contributed by atoms with Gasteiger partial charge in [-0.1, -0.05) is 40.9 Å². The van der Waals surface area contributed by atoms with Gasteiger partial charge in [0.15, 0.2) is 0 Å². The molecule has 1 aromatic heterocycles. The molecule has 12 heteroatoms. The monoisotopic (exact) mass is 480 g/mol. The average molecular weight is 482 g/mol. The number of aromatic nitrogens is 1. The van der Waals surface area contributed by atoms with Gasteiger partial charge in [0.25, 0.3) is 10.0 Å². The Kier molecular flexibility index (Phi) is 7.81. The number of alkyl carbamates (subject to hydrolysis) is 1. The molecule has 0 saturated heterocycles. The molecular formula is C17H19Cl3N4O4S. The summed E-state index contributed by atoms with van der Waals surface area (Å²) in [6, 6.07) is 10.5. The van der Waals surface area contributed by atoms with Gasteiger partial charge >= 0.3 is 6.09 Å². The SMILES string of the molecule is CC(C)OC(=O)N[C@H](Nc1ccc(S(=O)(=O)Nc2ccccn2)cc1)C(Cl)(Cl)Cl. The van der Waals surface area contributed by atoms with Crippen LogP contribution in [-0.4, -0.2) is 35.6 Å². The van der Waals surface area contributed by atoms with Gasteiger partial charge in [-0.15, -0.1) is 0 Å². The maximum Gasteiger partial charge on any atom is 0.409 e. The maximum atomic E-state index is 12.4. The molecule has 0 aliphatic rings. The number of nitrogens with zero attached hydrogens (tertiary/aromatic N) is 1. The van der Waals surface area contributed by atoms with E-state index in [1.807, 2.05) is 0 Å². The Morgan fingerprint density at radius 1 is 1.10 bits per heavy atom. The Bertz CT molecular complexity index is 920. The van der Waals surface area contributed by atoms with Gasteiger partial charge in [0.05, 0.1) is 11.0 Å². The summed E-state index contributed by atoms with van der Waals surface area (Å²) in [5, 5.41) is 5.22. The molecule has 29 heavy (non-hydrogen) atoms. The first kappa shape index (κ1) is 23.3. The summed E-state index contributed by atoms with van der Waals surface area (Å²) >= 11 is 17.7. The third kappa shape index (κ3) is 7.43. The van der Waals surface area contributed by atoms with Gasteiger partial charge in [0, 0.05) is 11.9 Å². The predicted octanol–water partition coefficient (Wildman–Crippen LogP) is 4.13. The van der Waals surface area contributed by atoms with Crippen LogP contribution in [0.15, 0.2) is 53.6 Å². The van der Waals surface area contributed by atoms with E-state index in [0.29, 0.717) is 5.69 Å². The molecule has 0 unspecified atom stereocenters. The largest absolute Gasteiger partial charge is 0.447 e. The molecule has 0 saturated carbocycles. The van der Waals surface area contributed by atoms with E-state index in [4.69, 9.17) is 39.5 Å². The van der Waals surface area contributed by atoms with Gasteiger partial charge in [-0.25, -0.2) is 18.2 Å². The van der Waals surface area contributed by atoms with Gasteiger partial charge in [-0.05, 0) is 50.2 Å². The first-order chi connectivity index (χ1) is 13.5. The highest BCUT2D eigenvalue weighted by Crippen LogP contribution is 2.31. The number of carbonyl (C=O) groups excluding carboxylic acids is 1. The van der Waals surface area contributed by atoms with Crippen LogP contribution in [0.2, 0.25) is 0 Å². The number of amides is 1. The Hall–Kier alpha value is -1.94. The van der Waals surface area contributed by atoms with Gasteiger partial charge in [-0.2, -0.15) is 0 Å². The zero-order chi connectivity index (χ0) is 21.7. The number of alkyl halides is 3. The van der Waals surface area contributed by atoms with Gasteiger partial charge in [0.1, 0.15) is 12.0 Å². The molecule has 0 bridgehead atoms. The van der Waals surface area contributed by atoms with Crippen LogP contribution in [0.5, 0.6) is 0 Å². The number of benzene rings is 1. The first-order valence-electron chi connectivity index (χ1n) is 8.32. The summed E-state index contributed by atoms with van der Waals surface area (Å²) in [7, 11) is -3.83. The van der Waals surface area contributed by atoms with Crippen molar-refractivity contribution in [3.05, 3.63) is 48.7 Å². The molecule has 0 spiro atoms. The summed E-state index contributed by atoms with van der Waals surface area (Å²) in [5.41, 5.74) is 0.406. The highest BCUT2D eigenvalue weighted by atomic mass is 35.6. The number of nitrogens with one attached hydrogen (secondary N) is 3. The molecule has 1 atom stereocenters. The quantitative estimate of drug-likeness (QED) is 0.405. The van der Waals surface area contributed by atoms with Crippen molar-refractivity contribution in [2.45, 2.75) is 34.8 Å². The summed E-state index contributed by atoms with van der Waals surface area (Å²) < 4.78 is 30.3. The molecule has 158 valence electrons. The van der Waals surface area contributed by atoms with Crippen LogP contribution < -0.4 is 15.4 Å². The second-order valence-corrected chi connectivity index (χ2v) is 10.1. The normalized spacial score (nSPS) is 12.9. The van der Waals surface area contributed by atoms with Crippen LogP contribution in [0.25, 0.3) is 0 Å². The zero-order valence-corrected chi connectivity index (χ0v) is 18.5. The summed E-state index contributed by atoms with van der Waals surface area (Å²) in [6.45, 7) is 3.35. The van der Waals surface area contributed by atoms with Crippen molar-refractivity contribution in [3.8, 4) is 0 Å². The van der Waals surface area contributed by atoms with E-state index in [0.717, 1.165) is 0 Å². The van der Waals surface area contributed by atoms with Crippen LogP contribution >= 0.6 is 34.8 Å². The molecule has 2 rings (SSSR count). The van der Waals surface area contributed by atoms with Crippen molar-refractivity contribution in [3.63, 3.8) is 0 Å². The van der Waals surface area contributed by atoms with Crippen LogP contribution in [0.4, 0.5) is 16.3 Å². The number of pyridine rings is 1. The highest BCUT2D eigenvalue weighted by molar-refractivity contribution is 7.92. The molecule has 1 heterocycles. The molecule has 0 radical (unpaired) electrons. The van der Waals surface area contributed by atoms with E-state index >= 15 is 0 Å². The van der Waals surface area contributed by atoms with Gasteiger partial charge in [-0.3, -0.25) is 10.0 Å². The lowest BCUT2D eigenvalue weighted by Crippen LogP contribution is -2.49. The molecule has 2 aromatic rings. The number of ether oxygens (including phenoxy) is 1. The maximum absolute atomic E-state index is 12.4. The Balaban J connectivity index is 2.12. The zero-order valence-electron chi connectivity index (χ0n) is 15.4. The number of sulfonamides is 1. The smallest absolute Gasteiger partial charge is 0.409 e. The summed E-state index contributed by atoms with van der Waals surface area (Å²) in [5.74, 6) is 0.193. The molecule has 0 fully saturated rings. The topological polar surface area (TPSA) is 109 Å². The van der Waals surface area contributed by atoms with Crippen molar-refractivity contribution < 1.29 is 17.9 Å². The lowest BCUT2D eigenvalue weighted by Gasteiger charge is -2.27. The number of anilines is 2. The number of hydrogen-bond acceptors (Lipinski definition) is 6. The van der Waals surface area contributed by atoms with Crippen molar-refractivity contribution in [2.24, 2.45) is 0 Å². The summed E-state index contributed by atoms with van der Waals surface area (Å²) in [4.78, 5) is 15.7. The number of halogens is 3. The van der Waals surface area contributed by atoms with E-state index in [1.165, 1.54) is 36.5 Å². The minimum absolute atomic E-state index is 0.00585. The van der Waals surface area contributed by atoms with Crippen molar-refractivity contribution in [1.82, 2.24) is 10.3 Å². The fourth-order valence-corrected chi connectivity index (χ4v) is 3.42. The number of rotatable bonds is 7. The third-order valence-corrected chi connectivity index (χ3v) is 5.34. The second-order valence-electron chi connectivity index (χ2n) is 6.06. The predicted molar refractivity (Wildman–Crippen MR) is 114 cm³/mol. The molecule has 0 aliphatic carbocycles. The standard InChI is InChI=1S/C17H19Cl3N4O4S/c1-11(2)28-16(25)23-15(17(18,19)20)22-12-6-8-13(9-7-12)29(26,27)24-14-5-3-4-10-21-14/h3-11,15,22H,1-2H3,(H,21,24)(H,23,25)/t15-/m0/s1. The van der Waals surface area contributed by atoms with Gasteiger partial charge in [0.2, 0.25) is 3.79 Å². The molecule has 1 aromatic carbocycles. The molecule has 8 nitrogen and oxygen atoms in total. The fourth-order valence-electron chi connectivity index (χ4n) is 2.08. The van der Waals surface area contributed by atoms with Gasteiger partial charge < -0.3 is 10.1 Å². The molecule has 0 aliphatic heterocycles. The summed E-state index contributed by atoms with van der Waals surface area (Å²) in [6.07, 6.45) is -0.795. The second kappa shape index (κ2) is 9.71. The number of hydrogen-bond donors (Lipinski definition) is 3. The molecular weight excluding hydrogens is 463 g/mol. The van der Waals surface area contributed by atoms with Crippen LogP contribution in [0.3, 0.4) is 0 Å². The lowest BCUT2D eigenvalue weighted by atomic mass is 10.3. The van der Waals surface area contributed by atoms with E-state index in [2.05, 4.69) is 20.3 Å². The van der Waals surface area contributed by atoms with Crippen LogP contribution in [-0.2, 0) is 14.8 Å². The minimum Gasteiger partial charge on any atom is -0.447 e. The van der Waals surface area contributed by atoms with E-state index in [1.54, 1.807) is 26.0 Å². The van der Waals surface area contributed by atoms with Crippen LogP contribution in [0, 0.1) is 0 Å². The lowest BCUT2D eigenvalue weighted by molar-refractivity contribution is 0.113. The van der Waals surface area contributed by atoms with Crippen molar-refractivity contribution in [1.29, 1.82) is 0 Å². The minimum atomic E-state index is -3.83. The van der Waals surface area contributed by atoms with E-state index in [-0.39, 0.29) is 16.8 Å². The first-order valence-corrected chi connectivity index (χ1v) is 10.9. The third-order valence-electron chi connectivity index (χ3n) is 3.31.